The normalized spacial score (nSPS) is 11.6. The highest BCUT2D eigenvalue weighted by molar-refractivity contribution is 9.10. The fraction of sp³-hybridized carbons (Fsp3) is 0.143. The van der Waals surface area contributed by atoms with Gasteiger partial charge in [-0.1, -0.05) is 28.0 Å². The third-order valence-electron chi connectivity index (χ3n) is 3.04. The van der Waals surface area contributed by atoms with Crippen molar-refractivity contribution in [3.05, 3.63) is 45.8 Å². The molecule has 0 fully saturated rings. The molecule has 0 atom stereocenters. The van der Waals surface area contributed by atoms with Gasteiger partial charge in [0.15, 0.2) is 0 Å². The van der Waals surface area contributed by atoms with Crippen molar-refractivity contribution >= 4 is 43.0 Å². The van der Waals surface area contributed by atoms with Gasteiger partial charge >= 0.3 is 0 Å². The lowest BCUT2D eigenvalue weighted by Crippen LogP contribution is -2.12. The van der Waals surface area contributed by atoms with Crippen molar-refractivity contribution in [3.8, 4) is 11.4 Å². The van der Waals surface area contributed by atoms with Gasteiger partial charge in [-0.25, -0.2) is 12.8 Å². The van der Waals surface area contributed by atoms with Gasteiger partial charge in [0.1, 0.15) is 10.0 Å². The zero-order valence-electron chi connectivity index (χ0n) is 12.3. The molecule has 10 heteroatoms. The Morgan fingerprint density at radius 3 is 2.83 bits per heavy atom. The summed E-state index contributed by atoms with van der Waals surface area (Å²) in [5.41, 5.74) is 0.404. The molecule has 3 rings (SSSR count). The number of hydrogen-bond donors (Lipinski definition) is 1. The van der Waals surface area contributed by atoms with Crippen LogP contribution in [0.5, 0.6) is 0 Å². The van der Waals surface area contributed by atoms with Gasteiger partial charge in [0.25, 0.3) is 10.0 Å². The van der Waals surface area contributed by atoms with Crippen molar-refractivity contribution in [3.63, 3.8) is 0 Å². The molecule has 0 unspecified atom stereocenters. The lowest BCUT2D eigenvalue weighted by Gasteiger charge is -2.07. The maximum absolute atomic E-state index is 13.8. The summed E-state index contributed by atoms with van der Waals surface area (Å²) in [5.74, 6) is 0.116. The van der Waals surface area contributed by atoms with E-state index in [9.17, 15) is 12.8 Å². The first-order valence-corrected chi connectivity index (χ1v) is 9.94. The average molecular weight is 432 g/mol. The van der Waals surface area contributed by atoms with E-state index < -0.39 is 15.8 Å². The quantitative estimate of drug-likeness (QED) is 0.657. The molecule has 0 bridgehead atoms. The van der Waals surface area contributed by atoms with Crippen LogP contribution in [0.4, 0.5) is 10.1 Å². The highest BCUT2D eigenvalue weighted by atomic mass is 79.9. The van der Waals surface area contributed by atoms with Crippen molar-refractivity contribution in [2.75, 3.05) is 4.72 Å². The monoisotopic (exact) mass is 431 g/mol. The second kappa shape index (κ2) is 6.61. The van der Waals surface area contributed by atoms with E-state index in [2.05, 4.69) is 30.8 Å². The number of rotatable bonds is 5. The van der Waals surface area contributed by atoms with Crippen LogP contribution >= 0.6 is 27.3 Å². The summed E-state index contributed by atoms with van der Waals surface area (Å²) >= 11 is 4.11. The van der Waals surface area contributed by atoms with Gasteiger partial charge in [-0.15, -0.1) is 11.3 Å². The van der Waals surface area contributed by atoms with E-state index in [-0.39, 0.29) is 9.90 Å². The zero-order chi connectivity index (χ0) is 17.3. The molecule has 0 aliphatic rings. The molecule has 126 valence electrons. The number of nitrogens with zero attached hydrogens (tertiary/aromatic N) is 2. The Balaban J connectivity index is 1.87. The molecule has 2 aromatic heterocycles. The van der Waals surface area contributed by atoms with E-state index in [1.807, 2.05) is 6.92 Å². The van der Waals surface area contributed by atoms with Gasteiger partial charge in [-0.3, -0.25) is 4.72 Å². The molecule has 0 saturated carbocycles. The Morgan fingerprint density at radius 1 is 1.38 bits per heavy atom. The summed E-state index contributed by atoms with van der Waals surface area (Å²) in [6.45, 7) is 1.87. The number of nitrogens with one attached hydrogen (secondary N) is 1. The Morgan fingerprint density at radius 2 is 2.17 bits per heavy atom. The molecule has 6 nitrogen and oxygen atoms in total. The molecule has 0 amide bonds. The predicted octanol–water partition coefficient (Wildman–Crippen LogP) is 4.06. The van der Waals surface area contributed by atoms with Crippen LogP contribution in [0, 0.1) is 5.82 Å². The molecule has 0 aliphatic heterocycles. The first-order chi connectivity index (χ1) is 11.4. The number of sulfonamides is 1. The maximum Gasteiger partial charge on any atom is 0.271 e. The van der Waals surface area contributed by atoms with Crippen molar-refractivity contribution in [1.29, 1.82) is 0 Å². The number of hydrogen-bond acceptors (Lipinski definition) is 6. The lowest BCUT2D eigenvalue weighted by molar-refractivity contribution is 0.383. The number of anilines is 1. The van der Waals surface area contributed by atoms with Gasteiger partial charge in [0.05, 0.1) is 5.69 Å². The van der Waals surface area contributed by atoms with E-state index in [1.165, 1.54) is 18.2 Å². The number of aromatic nitrogens is 2. The van der Waals surface area contributed by atoms with Crippen LogP contribution in [0.3, 0.4) is 0 Å². The molecule has 2 heterocycles. The third kappa shape index (κ3) is 3.50. The largest absolute Gasteiger partial charge is 0.339 e. The van der Waals surface area contributed by atoms with Crippen LogP contribution in [-0.2, 0) is 16.4 Å². The minimum Gasteiger partial charge on any atom is -0.339 e. The molecule has 3 aromatic rings. The highest BCUT2D eigenvalue weighted by Gasteiger charge is 2.20. The van der Waals surface area contributed by atoms with Gasteiger partial charge < -0.3 is 4.52 Å². The Bertz CT molecular complexity index is 985. The minimum atomic E-state index is -3.91. The third-order valence-corrected chi connectivity index (χ3v) is 6.34. The number of benzene rings is 1. The molecule has 0 aliphatic carbocycles. The van der Waals surface area contributed by atoms with E-state index in [0.717, 1.165) is 11.3 Å². The van der Waals surface area contributed by atoms with E-state index >= 15 is 0 Å². The second-order valence-corrected chi connectivity index (χ2v) is 8.49. The van der Waals surface area contributed by atoms with Gasteiger partial charge in [-0.05, 0) is 24.3 Å². The van der Waals surface area contributed by atoms with E-state index in [0.29, 0.717) is 28.2 Å². The molecule has 0 spiro atoms. The topological polar surface area (TPSA) is 85.1 Å². The van der Waals surface area contributed by atoms with Gasteiger partial charge in [0.2, 0.25) is 11.7 Å². The highest BCUT2D eigenvalue weighted by Crippen LogP contribution is 2.29. The molecule has 1 N–H and O–H groups in total. The molecule has 0 saturated heterocycles. The minimum absolute atomic E-state index is 0.0302. The summed E-state index contributed by atoms with van der Waals surface area (Å²) < 4.78 is 46.4. The molecular formula is C14H11BrFN3O3S2. The van der Waals surface area contributed by atoms with Crippen molar-refractivity contribution in [1.82, 2.24) is 10.1 Å². The molecule has 24 heavy (non-hydrogen) atoms. The Kier molecular flexibility index (Phi) is 4.70. The molecule has 1 aromatic carbocycles. The summed E-state index contributed by atoms with van der Waals surface area (Å²) in [4.78, 5) is 4.15. The summed E-state index contributed by atoms with van der Waals surface area (Å²) in [5, 5.41) is 5.41. The average Bonchev–Trinajstić information content (AvgIpc) is 3.18. The van der Waals surface area contributed by atoms with Crippen LogP contribution < -0.4 is 4.72 Å². The summed E-state index contributed by atoms with van der Waals surface area (Å²) in [6.07, 6.45) is 0.590. The fourth-order valence-corrected chi connectivity index (χ4v) is 4.42. The zero-order valence-corrected chi connectivity index (χ0v) is 15.5. The lowest BCUT2D eigenvalue weighted by atomic mass is 10.3. The number of thiophene rings is 1. The summed E-state index contributed by atoms with van der Waals surface area (Å²) in [7, 11) is -3.91. The van der Waals surface area contributed by atoms with Crippen molar-refractivity contribution < 1.29 is 17.3 Å². The molecular weight excluding hydrogens is 421 g/mol. The molecule has 0 radical (unpaired) electrons. The first kappa shape index (κ1) is 17.1. The maximum atomic E-state index is 13.8. The van der Waals surface area contributed by atoms with Crippen LogP contribution in [0.2, 0.25) is 0 Å². The Hall–Kier alpha value is -1.78. The van der Waals surface area contributed by atoms with Crippen molar-refractivity contribution in [2.24, 2.45) is 0 Å². The number of aryl methyl sites for hydroxylation is 1. The standard InChI is InChI=1S/C14H11BrFN3O3S2/c1-2-12-17-14(18-22-12)8-5-13(23-7-8)24(20,21)19-11-4-3-9(15)6-10(11)16/h3-7,19H,2H2,1H3. The van der Waals surface area contributed by atoms with Crippen LogP contribution in [0.1, 0.15) is 12.8 Å². The van der Waals surface area contributed by atoms with Crippen molar-refractivity contribution in [2.45, 2.75) is 17.6 Å². The SMILES string of the molecule is CCc1nc(-c2csc(S(=O)(=O)Nc3ccc(Br)cc3F)c2)no1. The fourth-order valence-electron chi connectivity index (χ4n) is 1.86. The van der Waals surface area contributed by atoms with Gasteiger partial charge in [-0.2, -0.15) is 4.98 Å². The smallest absolute Gasteiger partial charge is 0.271 e. The van der Waals surface area contributed by atoms with Crippen LogP contribution in [0.15, 0.2) is 42.9 Å². The number of halogens is 2. The second-order valence-electron chi connectivity index (χ2n) is 4.75. The van der Waals surface area contributed by atoms with Crippen LogP contribution in [0.25, 0.3) is 11.4 Å². The Labute approximate surface area is 149 Å². The van der Waals surface area contributed by atoms with Gasteiger partial charge in [0, 0.05) is 21.8 Å². The van der Waals surface area contributed by atoms with E-state index in [4.69, 9.17) is 4.52 Å². The van der Waals surface area contributed by atoms with Crippen LogP contribution in [-0.4, -0.2) is 18.6 Å². The predicted molar refractivity (Wildman–Crippen MR) is 91.9 cm³/mol. The summed E-state index contributed by atoms with van der Waals surface area (Å²) in [6, 6.07) is 5.50. The first-order valence-electron chi connectivity index (χ1n) is 6.78. The van der Waals surface area contributed by atoms with E-state index in [1.54, 1.807) is 11.4 Å².